The maximum Gasteiger partial charge on any atom is 0.165 e. The monoisotopic (exact) mass is 279 g/mol. The van der Waals surface area contributed by atoms with E-state index in [1.165, 1.54) is 16.9 Å². The molecule has 0 bridgehead atoms. The lowest BCUT2D eigenvalue weighted by Gasteiger charge is -2.17. The molecule has 0 amide bonds. The summed E-state index contributed by atoms with van der Waals surface area (Å²) in [6.07, 6.45) is 0. The lowest BCUT2D eigenvalue weighted by atomic mass is 10.0. The summed E-state index contributed by atoms with van der Waals surface area (Å²) in [4.78, 5) is 2.45. The molecule has 2 aromatic rings. The third kappa shape index (κ3) is 3.14. The molecule has 0 saturated heterocycles. The van der Waals surface area contributed by atoms with Crippen molar-refractivity contribution in [1.82, 2.24) is 5.32 Å². The molecule has 0 spiro atoms. The molecule has 0 aliphatic carbocycles. The molecule has 1 aromatic heterocycles. The number of ether oxygens (including phenoxy) is 1. The van der Waals surface area contributed by atoms with Crippen LogP contribution in [-0.2, 0) is 0 Å². The Balaban J connectivity index is 2.36. The molecule has 0 aliphatic heterocycles. The van der Waals surface area contributed by atoms with E-state index in [0.717, 1.165) is 12.1 Å². The van der Waals surface area contributed by atoms with E-state index in [0.29, 0.717) is 0 Å². The summed E-state index contributed by atoms with van der Waals surface area (Å²) in [6.45, 7) is 4.95. The van der Waals surface area contributed by atoms with Gasteiger partial charge in [0.25, 0.3) is 0 Å². The molecule has 1 unspecified atom stereocenters. The molecule has 1 atom stereocenters. The van der Waals surface area contributed by atoms with Gasteiger partial charge in [-0.15, -0.1) is 11.3 Å². The first-order valence-corrected chi connectivity index (χ1v) is 7.10. The van der Waals surface area contributed by atoms with Gasteiger partial charge in [0, 0.05) is 9.75 Å². The first-order valence-electron chi connectivity index (χ1n) is 6.29. The minimum Gasteiger partial charge on any atom is -0.494 e. The first-order chi connectivity index (χ1) is 9.15. The van der Waals surface area contributed by atoms with Crippen molar-refractivity contribution in [2.24, 2.45) is 0 Å². The third-order valence-electron chi connectivity index (χ3n) is 2.96. The van der Waals surface area contributed by atoms with E-state index in [4.69, 9.17) is 4.74 Å². The Morgan fingerprint density at radius 1 is 1.32 bits per heavy atom. The highest BCUT2D eigenvalue weighted by Crippen LogP contribution is 2.30. The predicted octanol–water partition coefficient (Wildman–Crippen LogP) is 3.90. The van der Waals surface area contributed by atoms with Crippen LogP contribution in [0, 0.1) is 12.7 Å². The molecule has 1 heterocycles. The number of rotatable bonds is 5. The molecule has 0 radical (unpaired) electrons. The number of benzene rings is 1. The number of thiophene rings is 1. The normalized spacial score (nSPS) is 12.4. The molecule has 102 valence electrons. The summed E-state index contributed by atoms with van der Waals surface area (Å²) in [5.74, 6) is -0.0439. The zero-order chi connectivity index (χ0) is 13.8. The molecule has 0 aliphatic rings. The summed E-state index contributed by atoms with van der Waals surface area (Å²) in [7, 11) is 1.47. The van der Waals surface area contributed by atoms with E-state index >= 15 is 0 Å². The van der Waals surface area contributed by atoms with Crippen LogP contribution in [0.2, 0.25) is 0 Å². The van der Waals surface area contributed by atoms with Gasteiger partial charge in [-0.05, 0) is 43.3 Å². The molecule has 2 rings (SSSR count). The zero-order valence-electron chi connectivity index (χ0n) is 11.4. The van der Waals surface area contributed by atoms with Crippen LogP contribution in [0.1, 0.15) is 28.3 Å². The van der Waals surface area contributed by atoms with Crippen molar-refractivity contribution in [1.29, 1.82) is 0 Å². The van der Waals surface area contributed by atoms with Gasteiger partial charge in [-0.3, -0.25) is 0 Å². The molecule has 2 nitrogen and oxygen atoms in total. The maximum atomic E-state index is 13.8. The van der Waals surface area contributed by atoms with Crippen LogP contribution >= 0.6 is 11.3 Å². The van der Waals surface area contributed by atoms with Crippen LogP contribution in [-0.4, -0.2) is 13.7 Å². The van der Waals surface area contributed by atoms with Crippen LogP contribution in [0.25, 0.3) is 0 Å². The molecule has 1 N–H and O–H groups in total. The van der Waals surface area contributed by atoms with Gasteiger partial charge in [0.15, 0.2) is 11.6 Å². The SMILES string of the molecule is CCNC(c1ccc(OC)c(F)c1)c1ccc(C)s1. The Morgan fingerprint density at radius 2 is 2.11 bits per heavy atom. The van der Waals surface area contributed by atoms with Crippen LogP contribution in [0.4, 0.5) is 4.39 Å². The fourth-order valence-electron chi connectivity index (χ4n) is 2.06. The van der Waals surface area contributed by atoms with Gasteiger partial charge in [-0.1, -0.05) is 13.0 Å². The lowest BCUT2D eigenvalue weighted by molar-refractivity contribution is 0.386. The standard InChI is InChI=1S/C15H18FNOS/c1-4-17-15(14-8-5-10(2)19-14)11-6-7-13(18-3)12(16)9-11/h5-9,15,17H,4H2,1-3H3. The van der Waals surface area contributed by atoms with Crippen molar-refractivity contribution in [2.75, 3.05) is 13.7 Å². The number of halogens is 1. The number of aryl methyl sites for hydroxylation is 1. The lowest BCUT2D eigenvalue weighted by Crippen LogP contribution is -2.21. The predicted molar refractivity (Wildman–Crippen MR) is 77.5 cm³/mol. The minimum atomic E-state index is -0.323. The second kappa shape index (κ2) is 6.17. The molecule has 1 aromatic carbocycles. The van der Waals surface area contributed by atoms with E-state index in [1.807, 2.05) is 13.0 Å². The second-order valence-electron chi connectivity index (χ2n) is 4.33. The van der Waals surface area contributed by atoms with E-state index in [9.17, 15) is 4.39 Å². The first kappa shape index (κ1) is 14.0. The van der Waals surface area contributed by atoms with Crippen molar-refractivity contribution in [3.05, 3.63) is 51.5 Å². The van der Waals surface area contributed by atoms with Gasteiger partial charge in [-0.25, -0.2) is 4.39 Å². The van der Waals surface area contributed by atoms with Crippen molar-refractivity contribution < 1.29 is 9.13 Å². The molecule has 0 saturated carbocycles. The molecule has 19 heavy (non-hydrogen) atoms. The van der Waals surface area contributed by atoms with E-state index in [-0.39, 0.29) is 17.6 Å². The largest absolute Gasteiger partial charge is 0.494 e. The van der Waals surface area contributed by atoms with E-state index in [1.54, 1.807) is 23.5 Å². The number of hydrogen-bond acceptors (Lipinski definition) is 3. The average molecular weight is 279 g/mol. The van der Waals surface area contributed by atoms with Crippen LogP contribution < -0.4 is 10.1 Å². The topological polar surface area (TPSA) is 21.3 Å². The fraction of sp³-hybridized carbons (Fsp3) is 0.333. The Bertz CT molecular complexity index is 553. The summed E-state index contributed by atoms with van der Waals surface area (Å²) in [5, 5.41) is 3.40. The van der Waals surface area contributed by atoms with Crippen molar-refractivity contribution >= 4 is 11.3 Å². The summed E-state index contributed by atoms with van der Waals surface area (Å²) >= 11 is 1.73. The Morgan fingerprint density at radius 3 is 2.63 bits per heavy atom. The molecule has 4 heteroatoms. The van der Waals surface area contributed by atoms with Gasteiger partial charge in [0.2, 0.25) is 0 Å². The highest BCUT2D eigenvalue weighted by atomic mass is 32.1. The summed E-state index contributed by atoms with van der Waals surface area (Å²) in [5.41, 5.74) is 0.919. The Hall–Kier alpha value is -1.39. The second-order valence-corrected chi connectivity index (χ2v) is 5.65. The van der Waals surface area contributed by atoms with Crippen molar-refractivity contribution in [2.45, 2.75) is 19.9 Å². The van der Waals surface area contributed by atoms with Crippen LogP contribution in [0.5, 0.6) is 5.75 Å². The van der Waals surface area contributed by atoms with Gasteiger partial charge < -0.3 is 10.1 Å². The summed E-state index contributed by atoms with van der Waals surface area (Å²) < 4.78 is 18.8. The Kier molecular flexibility index (Phi) is 4.56. The van der Waals surface area contributed by atoms with E-state index < -0.39 is 0 Å². The quantitative estimate of drug-likeness (QED) is 0.896. The van der Waals surface area contributed by atoms with Crippen molar-refractivity contribution in [3.8, 4) is 5.75 Å². The zero-order valence-corrected chi connectivity index (χ0v) is 12.2. The van der Waals surface area contributed by atoms with Gasteiger partial charge >= 0.3 is 0 Å². The third-order valence-corrected chi connectivity index (χ3v) is 4.03. The molecular weight excluding hydrogens is 261 g/mol. The molecular formula is C15H18FNOS. The number of methoxy groups -OCH3 is 1. The number of hydrogen-bond donors (Lipinski definition) is 1. The number of nitrogens with one attached hydrogen (secondary N) is 1. The van der Waals surface area contributed by atoms with Gasteiger partial charge in [0.05, 0.1) is 13.2 Å². The highest BCUT2D eigenvalue weighted by molar-refractivity contribution is 7.12. The minimum absolute atomic E-state index is 0.0316. The average Bonchev–Trinajstić information content (AvgIpc) is 2.82. The van der Waals surface area contributed by atoms with Crippen LogP contribution in [0.3, 0.4) is 0 Å². The van der Waals surface area contributed by atoms with Gasteiger partial charge in [-0.2, -0.15) is 0 Å². The maximum absolute atomic E-state index is 13.8. The summed E-state index contributed by atoms with van der Waals surface area (Å²) in [6, 6.07) is 9.34. The van der Waals surface area contributed by atoms with Crippen LogP contribution in [0.15, 0.2) is 30.3 Å². The Labute approximate surface area is 117 Å². The van der Waals surface area contributed by atoms with E-state index in [2.05, 4.69) is 24.4 Å². The van der Waals surface area contributed by atoms with Gasteiger partial charge in [0.1, 0.15) is 0 Å². The molecule has 0 fully saturated rings. The fourth-order valence-corrected chi connectivity index (χ4v) is 3.04. The van der Waals surface area contributed by atoms with Crippen molar-refractivity contribution in [3.63, 3.8) is 0 Å². The highest BCUT2D eigenvalue weighted by Gasteiger charge is 2.16. The smallest absolute Gasteiger partial charge is 0.165 e.